The molecule has 1 nitrogen and oxygen atoms in total. The second kappa shape index (κ2) is 3.58. The zero-order chi connectivity index (χ0) is 8.39. The highest BCUT2D eigenvalue weighted by Crippen LogP contribution is 2.33. The van der Waals surface area contributed by atoms with E-state index in [0.717, 1.165) is 12.3 Å². The average molecular weight is 181 g/mol. The fourth-order valence-electron chi connectivity index (χ4n) is 1.55. The van der Waals surface area contributed by atoms with E-state index in [4.69, 9.17) is 5.73 Å². The molecule has 1 fully saturated rings. The first kappa shape index (κ1) is 8.27. The van der Waals surface area contributed by atoms with Crippen molar-refractivity contribution in [1.82, 2.24) is 0 Å². The molecule has 1 aliphatic carbocycles. The molecular formula is C10H15NS. The Morgan fingerprint density at radius 3 is 3.00 bits per heavy atom. The second-order valence-electron chi connectivity index (χ2n) is 3.72. The summed E-state index contributed by atoms with van der Waals surface area (Å²) in [4.78, 5) is 1.43. The smallest absolute Gasteiger partial charge is 0.00898 e. The van der Waals surface area contributed by atoms with Crippen molar-refractivity contribution in [2.24, 2.45) is 11.7 Å². The van der Waals surface area contributed by atoms with Crippen molar-refractivity contribution in [3.8, 4) is 0 Å². The van der Waals surface area contributed by atoms with Gasteiger partial charge in [-0.25, -0.2) is 0 Å². The molecule has 12 heavy (non-hydrogen) atoms. The summed E-state index contributed by atoms with van der Waals surface area (Å²) in [7, 11) is 0. The molecule has 1 aliphatic rings. The molecule has 2 N–H and O–H groups in total. The van der Waals surface area contributed by atoms with Crippen LogP contribution in [0.25, 0.3) is 0 Å². The third-order valence-electron chi connectivity index (χ3n) is 2.38. The van der Waals surface area contributed by atoms with Crippen LogP contribution in [-0.2, 0) is 6.42 Å². The molecule has 1 saturated carbocycles. The first-order valence-electron chi connectivity index (χ1n) is 4.62. The summed E-state index contributed by atoms with van der Waals surface area (Å²) in [5.74, 6) is 0.958. The summed E-state index contributed by atoms with van der Waals surface area (Å²) < 4.78 is 0. The lowest BCUT2D eigenvalue weighted by Crippen LogP contribution is -2.22. The monoisotopic (exact) mass is 181 g/mol. The molecule has 0 amide bonds. The van der Waals surface area contributed by atoms with Crippen LogP contribution in [0.3, 0.4) is 0 Å². The Kier molecular flexibility index (Phi) is 2.47. The van der Waals surface area contributed by atoms with Crippen LogP contribution in [0.1, 0.15) is 24.1 Å². The maximum absolute atomic E-state index is 6.01. The minimum absolute atomic E-state index is 0.399. The van der Waals surface area contributed by atoms with Crippen molar-refractivity contribution in [2.45, 2.75) is 31.7 Å². The Morgan fingerprint density at radius 1 is 1.58 bits per heavy atom. The second-order valence-corrected chi connectivity index (χ2v) is 4.75. The molecule has 1 unspecified atom stereocenters. The number of hydrogen-bond donors (Lipinski definition) is 1. The summed E-state index contributed by atoms with van der Waals surface area (Å²) in [5, 5.41) is 2.12. The third kappa shape index (κ3) is 2.32. The highest BCUT2D eigenvalue weighted by Gasteiger charge is 2.23. The number of nitrogens with two attached hydrogens (primary N) is 1. The molecule has 0 bridgehead atoms. The van der Waals surface area contributed by atoms with E-state index < -0.39 is 0 Å². The standard InChI is InChI=1S/C10H15NS/c11-9(6-8-3-4-8)7-10-2-1-5-12-10/h1-2,5,8-9H,3-4,6-7,11H2. The number of thiophene rings is 1. The van der Waals surface area contributed by atoms with E-state index >= 15 is 0 Å². The van der Waals surface area contributed by atoms with Gasteiger partial charge in [0.2, 0.25) is 0 Å². The van der Waals surface area contributed by atoms with Crippen molar-refractivity contribution in [1.29, 1.82) is 0 Å². The van der Waals surface area contributed by atoms with Crippen molar-refractivity contribution in [2.75, 3.05) is 0 Å². The first-order chi connectivity index (χ1) is 5.84. The van der Waals surface area contributed by atoms with E-state index in [0.29, 0.717) is 6.04 Å². The van der Waals surface area contributed by atoms with E-state index in [1.165, 1.54) is 24.1 Å². The molecular weight excluding hydrogens is 166 g/mol. The van der Waals surface area contributed by atoms with Crippen molar-refractivity contribution in [3.63, 3.8) is 0 Å². The maximum atomic E-state index is 6.01. The van der Waals surface area contributed by atoms with Gasteiger partial charge in [0.25, 0.3) is 0 Å². The summed E-state index contributed by atoms with van der Waals surface area (Å²) >= 11 is 1.82. The minimum Gasteiger partial charge on any atom is -0.327 e. The zero-order valence-corrected chi connectivity index (χ0v) is 8.02. The molecule has 0 radical (unpaired) electrons. The van der Waals surface area contributed by atoms with Crippen LogP contribution in [0.4, 0.5) is 0 Å². The van der Waals surface area contributed by atoms with Crippen LogP contribution in [0, 0.1) is 5.92 Å². The maximum Gasteiger partial charge on any atom is 0.00898 e. The van der Waals surface area contributed by atoms with Gasteiger partial charge in [-0.05, 0) is 30.2 Å². The normalized spacial score (nSPS) is 19.4. The van der Waals surface area contributed by atoms with Crippen molar-refractivity contribution < 1.29 is 0 Å². The molecule has 1 aromatic heterocycles. The highest BCUT2D eigenvalue weighted by molar-refractivity contribution is 7.09. The Labute approximate surface area is 77.6 Å². The largest absolute Gasteiger partial charge is 0.327 e. The Balaban J connectivity index is 1.77. The fourth-order valence-corrected chi connectivity index (χ4v) is 2.35. The van der Waals surface area contributed by atoms with E-state index in [1.54, 1.807) is 0 Å². The lowest BCUT2D eigenvalue weighted by molar-refractivity contribution is 0.570. The Morgan fingerprint density at radius 2 is 2.42 bits per heavy atom. The molecule has 1 aromatic rings. The molecule has 0 spiro atoms. The third-order valence-corrected chi connectivity index (χ3v) is 3.28. The fraction of sp³-hybridized carbons (Fsp3) is 0.600. The lowest BCUT2D eigenvalue weighted by Gasteiger charge is -2.08. The quantitative estimate of drug-likeness (QED) is 0.758. The molecule has 0 saturated heterocycles. The van der Waals surface area contributed by atoms with Crippen LogP contribution in [0.15, 0.2) is 17.5 Å². The van der Waals surface area contributed by atoms with Gasteiger partial charge in [-0.15, -0.1) is 11.3 Å². The Hall–Kier alpha value is -0.340. The van der Waals surface area contributed by atoms with Gasteiger partial charge in [-0.1, -0.05) is 18.9 Å². The molecule has 0 aliphatic heterocycles. The van der Waals surface area contributed by atoms with Gasteiger partial charge >= 0.3 is 0 Å². The molecule has 1 atom stereocenters. The van der Waals surface area contributed by atoms with Crippen LogP contribution in [-0.4, -0.2) is 6.04 Å². The summed E-state index contributed by atoms with van der Waals surface area (Å²) in [6.45, 7) is 0. The van der Waals surface area contributed by atoms with Gasteiger partial charge in [0.15, 0.2) is 0 Å². The van der Waals surface area contributed by atoms with Gasteiger partial charge in [-0.2, -0.15) is 0 Å². The van der Waals surface area contributed by atoms with Crippen LogP contribution in [0.2, 0.25) is 0 Å². The topological polar surface area (TPSA) is 26.0 Å². The summed E-state index contributed by atoms with van der Waals surface area (Å²) in [5.41, 5.74) is 6.01. The van der Waals surface area contributed by atoms with Crippen LogP contribution < -0.4 is 5.73 Å². The molecule has 2 rings (SSSR count). The minimum atomic E-state index is 0.399. The molecule has 66 valence electrons. The van der Waals surface area contributed by atoms with Crippen molar-refractivity contribution in [3.05, 3.63) is 22.4 Å². The Bertz CT molecular complexity index is 226. The highest BCUT2D eigenvalue weighted by atomic mass is 32.1. The van der Waals surface area contributed by atoms with Crippen LogP contribution >= 0.6 is 11.3 Å². The van der Waals surface area contributed by atoms with Gasteiger partial charge < -0.3 is 5.73 Å². The molecule has 1 heterocycles. The van der Waals surface area contributed by atoms with E-state index in [9.17, 15) is 0 Å². The van der Waals surface area contributed by atoms with E-state index in [-0.39, 0.29) is 0 Å². The van der Waals surface area contributed by atoms with Gasteiger partial charge in [0.1, 0.15) is 0 Å². The van der Waals surface area contributed by atoms with Gasteiger partial charge in [0, 0.05) is 10.9 Å². The van der Waals surface area contributed by atoms with Crippen molar-refractivity contribution >= 4 is 11.3 Å². The van der Waals surface area contributed by atoms with E-state index in [2.05, 4.69) is 17.5 Å². The average Bonchev–Trinajstić information content (AvgIpc) is 2.66. The number of rotatable bonds is 4. The molecule has 2 heteroatoms. The van der Waals surface area contributed by atoms with Gasteiger partial charge in [0.05, 0.1) is 0 Å². The van der Waals surface area contributed by atoms with E-state index in [1.807, 2.05) is 11.3 Å². The predicted octanol–water partition coefficient (Wildman–Crippen LogP) is 2.42. The predicted molar refractivity (Wildman–Crippen MR) is 53.3 cm³/mol. The summed E-state index contributed by atoms with van der Waals surface area (Å²) in [6, 6.07) is 4.68. The molecule has 0 aromatic carbocycles. The SMILES string of the molecule is NC(Cc1cccs1)CC1CC1. The number of hydrogen-bond acceptors (Lipinski definition) is 2. The zero-order valence-electron chi connectivity index (χ0n) is 7.20. The van der Waals surface area contributed by atoms with Gasteiger partial charge in [-0.3, -0.25) is 0 Å². The lowest BCUT2D eigenvalue weighted by atomic mass is 10.1. The first-order valence-corrected chi connectivity index (χ1v) is 5.50. The summed E-state index contributed by atoms with van der Waals surface area (Å²) in [6.07, 6.45) is 5.14. The van der Waals surface area contributed by atoms with Crippen LogP contribution in [0.5, 0.6) is 0 Å².